The quantitative estimate of drug-likeness (QED) is 0.570. The van der Waals surface area contributed by atoms with E-state index in [-0.39, 0.29) is 5.91 Å². The van der Waals surface area contributed by atoms with Gasteiger partial charge in [0.25, 0.3) is 5.91 Å². The van der Waals surface area contributed by atoms with E-state index in [1.165, 1.54) is 18.6 Å². The van der Waals surface area contributed by atoms with Crippen LogP contribution in [0.1, 0.15) is 41.6 Å². The number of carbonyl (C=O) groups excluding carboxylic acids is 1. The average Bonchev–Trinajstić information content (AvgIpc) is 2.52. The Labute approximate surface area is 131 Å². The molecule has 0 saturated heterocycles. The zero-order valence-electron chi connectivity index (χ0n) is 12.5. The second-order valence-corrected chi connectivity index (χ2v) is 5.62. The second kappa shape index (κ2) is 11.2. The number of pyridine rings is 1. The summed E-state index contributed by atoms with van der Waals surface area (Å²) in [5, 5.41) is 2.92. The van der Waals surface area contributed by atoms with Gasteiger partial charge in [0.15, 0.2) is 0 Å². The number of unbranched alkanes of at least 4 members (excludes halogenated alkanes) is 3. The molecule has 1 aromatic heterocycles. The lowest BCUT2D eigenvalue weighted by Gasteiger charge is -2.05. The van der Waals surface area contributed by atoms with Crippen molar-refractivity contribution in [2.75, 3.05) is 25.1 Å². The average molecular weight is 305 g/mol. The van der Waals surface area contributed by atoms with Crippen molar-refractivity contribution in [3.63, 3.8) is 0 Å². The lowest BCUT2D eigenvalue weighted by Crippen LogP contribution is -2.24. The zero-order chi connectivity index (χ0) is 15.3. The fourth-order valence-electron chi connectivity index (χ4n) is 1.81. The smallest absolute Gasteiger partial charge is 0.252 e. The minimum Gasteiger partial charge on any atom is -0.352 e. The number of aromatic nitrogens is 1. The van der Waals surface area contributed by atoms with Crippen molar-refractivity contribution in [1.29, 1.82) is 0 Å². The molecule has 114 valence electrons. The molecular formula is C16H23N3OS. The molecule has 1 aromatic rings. The highest BCUT2D eigenvalue weighted by Gasteiger charge is 2.05. The first kappa shape index (κ1) is 17.5. The highest BCUT2D eigenvalue weighted by Crippen LogP contribution is 2.05. The van der Waals surface area contributed by atoms with Crippen molar-refractivity contribution in [3.05, 3.63) is 29.6 Å². The van der Waals surface area contributed by atoms with E-state index in [9.17, 15) is 4.79 Å². The Morgan fingerprint density at radius 1 is 1.33 bits per heavy atom. The van der Waals surface area contributed by atoms with Gasteiger partial charge in [-0.1, -0.05) is 24.7 Å². The number of carbonyl (C=O) groups is 1. The van der Waals surface area contributed by atoms with Crippen molar-refractivity contribution in [2.45, 2.75) is 25.7 Å². The molecule has 0 radical (unpaired) electrons. The summed E-state index contributed by atoms with van der Waals surface area (Å²) < 4.78 is 0. The van der Waals surface area contributed by atoms with Crippen LogP contribution in [0.25, 0.3) is 0 Å². The molecule has 21 heavy (non-hydrogen) atoms. The van der Waals surface area contributed by atoms with Gasteiger partial charge in [0, 0.05) is 24.5 Å². The minimum atomic E-state index is -0.0944. The van der Waals surface area contributed by atoms with E-state index < -0.39 is 0 Å². The van der Waals surface area contributed by atoms with Crippen LogP contribution in [0.2, 0.25) is 0 Å². The molecule has 0 atom stereocenters. The normalized spacial score (nSPS) is 9.81. The summed E-state index contributed by atoms with van der Waals surface area (Å²) in [6.45, 7) is 1.00. The molecule has 0 saturated carbocycles. The first-order valence-electron chi connectivity index (χ1n) is 7.19. The Kier molecular flexibility index (Phi) is 9.34. The summed E-state index contributed by atoms with van der Waals surface area (Å²) in [5.74, 6) is 6.75. The molecule has 0 unspecified atom stereocenters. The van der Waals surface area contributed by atoms with Crippen LogP contribution in [-0.2, 0) is 0 Å². The third kappa shape index (κ3) is 7.74. The summed E-state index contributed by atoms with van der Waals surface area (Å²) in [4.78, 5) is 16.0. The van der Waals surface area contributed by atoms with Crippen molar-refractivity contribution in [3.8, 4) is 11.8 Å². The predicted octanol–water partition coefficient (Wildman–Crippen LogP) is 2.04. The maximum Gasteiger partial charge on any atom is 0.252 e. The van der Waals surface area contributed by atoms with E-state index in [1.54, 1.807) is 18.5 Å². The molecule has 0 fully saturated rings. The number of nitrogens with two attached hydrogens (primary N) is 1. The minimum absolute atomic E-state index is 0.0944. The lowest BCUT2D eigenvalue weighted by molar-refractivity contribution is 0.0952. The summed E-state index contributed by atoms with van der Waals surface area (Å²) in [5.41, 5.74) is 6.58. The number of hydrogen-bond donors (Lipinski definition) is 2. The van der Waals surface area contributed by atoms with Crippen LogP contribution in [0.5, 0.6) is 0 Å². The second-order valence-electron chi connectivity index (χ2n) is 4.63. The highest BCUT2D eigenvalue weighted by atomic mass is 32.2. The molecule has 0 aliphatic carbocycles. The van der Waals surface area contributed by atoms with Gasteiger partial charge in [-0.3, -0.25) is 9.78 Å². The van der Waals surface area contributed by atoms with E-state index in [0.717, 1.165) is 12.8 Å². The van der Waals surface area contributed by atoms with E-state index in [0.29, 0.717) is 24.2 Å². The summed E-state index contributed by atoms with van der Waals surface area (Å²) >= 11 is 1.88. The molecule has 3 N–H and O–H groups in total. The maximum atomic E-state index is 12.0. The summed E-state index contributed by atoms with van der Waals surface area (Å²) in [6.07, 6.45) is 9.96. The predicted molar refractivity (Wildman–Crippen MR) is 89.4 cm³/mol. The third-order valence-electron chi connectivity index (χ3n) is 2.90. The van der Waals surface area contributed by atoms with E-state index in [1.807, 2.05) is 11.8 Å². The van der Waals surface area contributed by atoms with Crippen LogP contribution in [0, 0.1) is 11.8 Å². The topological polar surface area (TPSA) is 68.0 Å². The molecule has 0 aliphatic heterocycles. The van der Waals surface area contributed by atoms with Gasteiger partial charge in [-0.2, -0.15) is 11.8 Å². The molecule has 0 bridgehead atoms. The van der Waals surface area contributed by atoms with Crippen LogP contribution in [0.15, 0.2) is 18.5 Å². The van der Waals surface area contributed by atoms with E-state index >= 15 is 0 Å². The standard InChI is InChI=1S/C16H23N3OS/c1-21-10-5-3-2-4-9-19-16(20)15-11-14(7-6-8-17)12-18-13-15/h11-13H,2-5,8-10,17H2,1H3,(H,19,20). The summed E-state index contributed by atoms with van der Waals surface area (Å²) in [7, 11) is 0. The first-order chi connectivity index (χ1) is 10.3. The van der Waals surface area contributed by atoms with Crippen molar-refractivity contribution in [1.82, 2.24) is 10.3 Å². The number of nitrogens with one attached hydrogen (secondary N) is 1. The first-order valence-corrected chi connectivity index (χ1v) is 8.58. The Hall–Kier alpha value is -1.51. The molecule has 0 aromatic carbocycles. The van der Waals surface area contributed by atoms with Crippen molar-refractivity contribution >= 4 is 17.7 Å². The third-order valence-corrected chi connectivity index (χ3v) is 3.59. The van der Waals surface area contributed by atoms with Gasteiger partial charge in [-0.25, -0.2) is 0 Å². The Morgan fingerprint density at radius 2 is 2.14 bits per heavy atom. The van der Waals surface area contributed by atoms with Gasteiger partial charge < -0.3 is 11.1 Å². The molecule has 0 aliphatic rings. The number of nitrogens with zero attached hydrogens (tertiary/aromatic N) is 1. The SMILES string of the molecule is CSCCCCCCNC(=O)c1cncc(C#CCN)c1. The van der Waals surface area contributed by atoms with Crippen molar-refractivity contribution in [2.24, 2.45) is 5.73 Å². The lowest BCUT2D eigenvalue weighted by atomic mass is 10.2. The van der Waals surface area contributed by atoms with Gasteiger partial charge in [0.1, 0.15) is 0 Å². The Bertz CT molecular complexity index is 494. The van der Waals surface area contributed by atoms with Gasteiger partial charge in [-0.15, -0.1) is 0 Å². The molecule has 4 nitrogen and oxygen atoms in total. The molecule has 1 rings (SSSR count). The maximum absolute atomic E-state index is 12.0. The summed E-state index contributed by atoms with van der Waals surface area (Å²) in [6, 6.07) is 1.74. The van der Waals surface area contributed by atoms with Gasteiger partial charge in [-0.05, 0) is 30.9 Å². The van der Waals surface area contributed by atoms with Crippen LogP contribution < -0.4 is 11.1 Å². The monoisotopic (exact) mass is 305 g/mol. The van der Waals surface area contributed by atoms with E-state index in [2.05, 4.69) is 28.4 Å². The van der Waals surface area contributed by atoms with Crippen LogP contribution in [0.4, 0.5) is 0 Å². The Balaban J connectivity index is 2.32. The molecule has 5 heteroatoms. The van der Waals surface area contributed by atoms with Crippen LogP contribution in [0.3, 0.4) is 0 Å². The fourth-order valence-corrected chi connectivity index (χ4v) is 2.31. The molecule has 1 heterocycles. The van der Waals surface area contributed by atoms with Crippen LogP contribution in [-0.4, -0.2) is 36.0 Å². The number of thioether (sulfide) groups is 1. The number of rotatable bonds is 8. The number of hydrogen-bond acceptors (Lipinski definition) is 4. The molecule has 0 spiro atoms. The largest absolute Gasteiger partial charge is 0.352 e. The van der Waals surface area contributed by atoms with Crippen molar-refractivity contribution < 1.29 is 4.79 Å². The zero-order valence-corrected chi connectivity index (χ0v) is 13.3. The van der Waals surface area contributed by atoms with E-state index in [4.69, 9.17) is 5.73 Å². The Morgan fingerprint density at radius 3 is 2.90 bits per heavy atom. The van der Waals surface area contributed by atoms with Gasteiger partial charge in [0.05, 0.1) is 12.1 Å². The molecule has 1 amide bonds. The number of amides is 1. The van der Waals surface area contributed by atoms with Gasteiger partial charge in [0.2, 0.25) is 0 Å². The highest BCUT2D eigenvalue weighted by molar-refractivity contribution is 7.98. The molecular weight excluding hydrogens is 282 g/mol. The van der Waals surface area contributed by atoms with Crippen LogP contribution >= 0.6 is 11.8 Å². The fraction of sp³-hybridized carbons (Fsp3) is 0.500. The van der Waals surface area contributed by atoms with Gasteiger partial charge >= 0.3 is 0 Å².